The fraction of sp³-hybridized carbons (Fsp3) is 0.105. The van der Waals surface area contributed by atoms with Crippen molar-refractivity contribution in [2.45, 2.75) is 13.0 Å². The number of nitrogens with one attached hydrogen (secondary N) is 2. The smallest absolute Gasteiger partial charge is 0.253 e. The summed E-state index contributed by atoms with van der Waals surface area (Å²) in [6.07, 6.45) is 5.22. The van der Waals surface area contributed by atoms with E-state index in [1.54, 1.807) is 55.8 Å². The predicted octanol–water partition coefficient (Wildman–Crippen LogP) is 3.28. The van der Waals surface area contributed by atoms with Gasteiger partial charge in [0, 0.05) is 23.8 Å². The second-order valence-electron chi connectivity index (χ2n) is 5.68. The van der Waals surface area contributed by atoms with Crippen molar-refractivity contribution in [1.82, 2.24) is 14.9 Å². The van der Waals surface area contributed by atoms with Crippen LogP contribution in [-0.4, -0.2) is 27.4 Å². The van der Waals surface area contributed by atoms with E-state index < -0.39 is 11.9 Å². The molecule has 3 rings (SSSR count). The van der Waals surface area contributed by atoms with Gasteiger partial charge in [-0.2, -0.15) is 0 Å². The van der Waals surface area contributed by atoms with Crippen LogP contribution in [0.25, 0.3) is 5.69 Å². The lowest BCUT2D eigenvalue weighted by molar-refractivity contribution is -0.117. The Morgan fingerprint density at radius 2 is 1.85 bits per heavy atom. The fourth-order valence-electron chi connectivity index (χ4n) is 2.36. The number of rotatable bonds is 5. The van der Waals surface area contributed by atoms with Crippen LogP contribution in [0.2, 0.25) is 5.02 Å². The molecule has 0 aliphatic rings. The molecule has 0 fully saturated rings. The van der Waals surface area contributed by atoms with Crippen molar-refractivity contribution in [3.8, 4) is 5.69 Å². The number of carbonyl (C=O) groups is 2. The molecule has 6 nitrogen and oxygen atoms in total. The van der Waals surface area contributed by atoms with Crippen LogP contribution in [0.1, 0.15) is 17.3 Å². The van der Waals surface area contributed by atoms with E-state index in [-0.39, 0.29) is 5.91 Å². The summed E-state index contributed by atoms with van der Waals surface area (Å²) in [6, 6.07) is 13.3. The number of hydrogen-bond donors (Lipinski definition) is 2. The minimum absolute atomic E-state index is 0.319. The molecule has 26 heavy (non-hydrogen) atoms. The van der Waals surface area contributed by atoms with E-state index in [0.717, 1.165) is 5.69 Å². The van der Waals surface area contributed by atoms with Gasteiger partial charge in [0.2, 0.25) is 5.91 Å². The molecule has 1 heterocycles. The van der Waals surface area contributed by atoms with Gasteiger partial charge < -0.3 is 15.2 Å². The van der Waals surface area contributed by atoms with E-state index in [1.807, 2.05) is 22.9 Å². The van der Waals surface area contributed by atoms with E-state index in [4.69, 9.17) is 11.6 Å². The van der Waals surface area contributed by atoms with Crippen LogP contribution in [0.4, 0.5) is 5.69 Å². The zero-order valence-corrected chi connectivity index (χ0v) is 14.8. The molecule has 132 valence electrons. The molecule has 7 heteroatoms. The van der Waals surface area contributed by atoms with Crippen molar-refractivity contribution in [1.29, 1.82) is 0 Å². The first-order valence-electron chi connectivity index (χ1n) is 7.99. The van der Waals surface area contributed by atoms with E-state index >= 15 is 0 Å². The largest absolute Gasteiger partial charge is 0.340 e. The minimum atomic E-state index is -0.716. The van der Waals surface area contributed by atoms with Crippen molar-refractivity contribution >= 4 is 29.1 Å². The van der Waals surface area contributed by atoms with Crippen LogP contribution in [-0.2, 0) is 4.79 Å². The SMILES string of the molecule is C[C@H](NC(=O)c1ccccc1Cl)C(=O)Nc1ccc(-n2ccnc2)cc1. The van der Waals surface area contributed by atoms with Gasteiger partial charge in [-0.25, -0.2) is 4.98 Å². The number of anilines is 1. The minimum Gasteiger partial charge on any atom is -0.340 e. The third kappa shape index (κ3) is 4.10. The molecule has 2 amide bonds. The number of halogens is 1. The molecular weight excluding hydrogens is 352 g/mol. The summed E-state index contributed by atoms with van der Waals surface area (Å²) in [5.41, 5.74) is 1.90. The molecule has 0 saturated carbocycles. The predicted molar refractivity (Wildman–Crippen MR) is 101 cm³/mol. The van der Waals surface area contributed by atoms with Crippen molar-refractivity contribution in [2.75, 3.05) is 5.32 Å². The quantitative estimate of drug-likeness (QED) is 0.725. The lowest BCUT2D eigenvalue weighted by atomic mass is 10.2. The zero-order chi connectivity index (χ0) is 18.5. The van der Waals surface area contributed by atoms with Crippen LogP contribution in [0.3, 0.4) is 0 Å². The van der Waals surface area contributed by atoms with Crippen molar-refractivity contribution in [2.24, 2.45) is 0 Å². The first-order valence-corrected chi connectivity index (χ1v) is 8.37. The number of aromatic nitrogens is 2. The lowest BCUT2D eigenvalue weighted by Gasteiger charge is -2.15. The maximum absolute atomic E-state index is 12.3. The Balaban J connectivity index is 1.60. The molecule has 0 bridgehead atoms. The molecule has 2 N–H and O–H groups in total. The van der Waals surface area contributed by atoms with Gasteiger partial charge in [0.1, 0.15) is 6.04 Å². The van der Waals surface area contributed by atoms with Crippen molar-refractivity contribution in [3.63, 3.8) is 0 Å². The summed E-state index contributed by atoms with van der Waals surface area (Å²) in [5, 5.41) is 5.76. The summed E-state index contributed by atoms with van der Waals surface area (Å²) >= 11 is 6.00. The Hall–Kier alpha value is -3.12. The number of hydrogen-bond acceptors (Lipinski definition) is 3. The lowest BCUT2D eigenvalue weighted by Crippen LogP contribution is -2.41. The molecule has 0 spiro atoms. The maximum atomic E-state index is 12.3. The average Bonchev–Trinajstić information content (AvgIpc) is 3.17. The van der Waals surface area contributed by atoms with Crippen LogP contribution in [0.15, 0.2) is 67.3 Å². The van der Waals surface area contributed by atoms with Gasteiger partial charge in [0.05, 0.1) is 16.9 Å². The third-order valence-corrected chi connectivity index (χ3v) is 4.13. The fourth-order valence-corrected chi connectivity index (χ4v) is 2.59. The Morgan fingerprint density at radius 3 is 2.50 bits per heavy atom. The van der Waals surface area contributed by atoms with Crippen molar-refractivity contribution in [3.05, 3.63) is 77.8 Å². The highest BCUT2D eigenvalue weighted by Gasteiger charge is 2.18. The summed E-state index contributed by atoms with van der Waals surface area (Å²) in [6.45, 7) is 1.62. The van der Waals surface area contributed by atoms with E-state index in [9.17, 15) is 9.59 Å². The Labute approximate surface area is 155 Å². The van der Waals surface area contributed by atoms with Crippen LogP contribution < -0.4 is 10.6 Å². The topological polar surface area (TPSA) is 76.0 Å². The summed E-state index contributed by atoms with van der Waals surface area (Å²) < 4.78 is 1.86. The van der Waals surface area contributed by atoms with Crippen molar-refractivity contribution < 1.29 is 9.59 Å². The summed E-state index contributed by atoms with van der Waals surface area (Å²) in [5.74, 6) is -0.713. The second-order valence-corrected chi connectivity index (χ2v) is 6.09. The Bertz CT molecular complexity index is 908. The highest BCUT2D eigenvalue weighted by molar-refractivity contribution is 6.33. The highest BCUT2D eigenvalue weighted by Crippen LogP contribution is 2.15. The van der Waals surface area contributed by atoms with Gasteiger partial charge in [0.15, 0.2) is 0 Å². The molecule has 1 atom stereocenters. The number of amides is 2. The first kappa shape index (κ1) is 17.7. The molecule has 3 aromatic rings. The summed E-state index contributed by atoms with van der Waals surface area (Å²) in [7, 11) is 0. The molecule has 0 aliphatic carbocycles. The van der Waals surface area contributed by atoms with Crippen LogP contribution in [0.5, 0.6) is 0 Å². The van der Waals surface area contributed by atoms with E-state index in [0.29, 0.717) is 16.3 Å². The number of carbonyl (C=O) groups excluding carboxylic acids is 2. The number of imidazole rings is 1. The van der Waals surface area contributed by atoms with E-state index in [1.165, 1.54) is 0 Å². The standard InChI is InChI=1S/C19H17ClN4O2/c1-13(22-19(26)16-4-2-3-5-17(16)20)18(25)23-14-6-8-15(9-7-14)24-11-10-21-12-24/h2-13H,1H3,(H,22,26)(H,23,25)/t13-/m0/s1. The molecule has 1 aromatic heterocycles. The average molecular weight is 369 g/mol. The molecule has 0 aliphatic heterocycles. The maximum Gasteiger partial charge on any atom is 0.253 e. The second kappa shape index (κ2) is 7.84. The van der Waals surface area contributed by atoms with Gasteiger partial charge in [-0.1, -0.05) is 23.7 Å². The molecule has 0 unspecified atom stereocenters. The Kier molecular flexibility index (Phi) is 5.34. The highest BCUT2D eigenvalue weighted by atomic mass is 35.5. The van der Waals surface area contributed by atoms with Gasteiger partial charge in [-0.3, -0.25) is 9.59 Å². The van der Waals surface area contributed by atoms with Crippen LogP contribution >= 0.6 is 11.6 Å². The summed E-state index contributed by atoms with van der Waals surface area (Å²) in [4.78, 5) is 28.5. The number of nitrogens with zero attached hydrogens (tertiary/aromatic N) is 2. The van der Waals surface area contributed by atoms with Gasteiger partial charge >= 0.3 is 0 Å². The normalized spacial score (nSPS) is 11.6. The molecule has 2 aromatic carbocycles. The van der Waals surface area contributed by atoms with Gasteiger partial charge in [0.25, 0.3) is 5.91 Å². The third-order valence-electron chi connectivity index (χ3n) is 3.80. The monoisotopic (exact) mass is 368 g/mol. The molecular formula is C19H17ClN4O2. The number of benzene rings is 2. The molecule has 0 radical (unpaired) electrons. The van der Waals surface area contributed by atoms with Gasteiger partial charge in [-0.05, 0) is 43.3 Å². The first-order chi connectivity index (χ1) is 12.5. The van der Waals surface area contributed by atoms with Gasteiger partial charge in [-0.15, -0.1) is 0 Å². The van der Waals surface area contributed by atoms with Crippen LogP contribution in [0, 0.1) is 0 Å². The molecule has 0 saturated heterocycles. The zero-order valence-electron chi connectivity index (χ0n) is 14.0. The van der Waals surface area contributed by atoms with E-state index in [2.05, 4.69) is 15.6 Å². The Morgan fingerprint density at radius 1 is 1.12 bits per heavy atom.